The highest BCUT2D eigenvalue weighted by atomic mass is 19.2. The van der Waals surface area contributed by atoms with E-state index < -0.39 is 11.6 Å². The smallest absolute Gasteiger partial charge is 0.176 e. The molecule has 0 bridgehead atoms. The van der Waals surface area contributed by atoms with Gasteiger partial charge in [-0.05, 0) is 41.3 Å². The van der Waals surface area contributed by atoms with Crippen molar-refractivity contribution in [2.75, 3.05) is 13.2 Å². The van der Waals surface area contributed by atoms with E-state index in [1.165, 1.54) is 6.07 Å². The maximum Gasteiger partial charge on any atom is 0.176 e. The Balaban J connectivity index is 1.53. The summed E-state index contributed by atoms with van der Waals surface area (Å²) in [5, 5.41) is 0. The molecule has 0 amide bonds. The summed E-state index contributed by atoms with van der Waals surface area (Å²) in [5.74, 6) is -2.06. The van der Waals surface area contributed by atoms with E-state index in [9.17, 15) is 13.2 Å². The highest BCUT2D eigenvalue weighted by Gasteiger charge is 2.23. The normalized spacial score (nSPS) is 18.9. The van der Waals surface area contributed by atoms with Gasteiger partial charge in [0.15, 0.2) is 17.9 Å². The fraction of sp³-hybridized carbons (Fsp3) is 0.231. The van der Waals surface area contributed by atoms with Gasteiger partial charge in [0.25, 0.3) is 0 Å². The summed E-state index contributed by atoms with van der Waals surface area (Å²) < 4.78 is 54.8. The van der Waals surface area contributed by atoms with Crippen molar-refractivity contribution in [1.29, 1.82) is 0 Å². The van der Waals surface area contributed by atoms with Crippen molar-refractivity contribution in [3.05, 3.63) is 95.3 Å². The molecule has 2 nitrogen and oxygen atoms in total. The first-order valence-corrected chi connectivity index (χ1v) is 10.7. The van der Waals surface area contributed by atoms with Crippen LogP contribution in [-0.4, -0.2) is 27.4 Å². The zero-order valence-electron chi connectivity index (χ0n) is 18.1. The van der Waals surface area contributed by atoms with Crippen LogP contribution in [0.4, 0.5) is 13.2 Å². The molecule has 0 saturated carbocycles. The highest BCUT2D eigenvalue weighted by molar-refractivity contribution is 6.08. The fourth-order valence-corrected chi connectivity index (χ4v) is 3.91. The Morgan fingerprint density at radius 3 is 2.09 bits per heavy atom. The molecule has 6 heteroatoms. The standard InChI is InChI=1S/C26H24BF3O2/c1-2-3-24-31-14-20(15-32-24)18-8-10-21(23(28)12-18)16-4-6-17(7-5-16)22-11-9-19(13-27)25(29)26(22)30/h2-12,20,24H,13-15,27H2,1H3/b3-2+. The van der Waals surface area contributed by atoms with E-state index in [1.807, 2.05) is 25.1 Å². The topological polar surface area (TPSA) is 18.5 Å². The second kappa shape index (κ2) is 9.76. The number of ether oxygens (including phenoxy) is 2. The van der Waals surface area contributed by atoms with Crippen LogP contribution in [-0.2, 0) is 15.8 Å². The Bertz CT molecular complexity index is 1120. The van der Waals surface area contributed by atoms with Crippen LogP contribution < -0.4 is 0 Å². The van der Waals surface area contributed by atoms with E-state index in [0.717, 1.165) is 5.56 Å². The van der Waals surface area contributed by atoms with Crippen LogP contribution in [0, 0.1) is 17.5 Å². The molecular weight excluding hydrogens is 412 g/mol. The third-order valence-electron chi connectivity index (χ3n) is 5.79. The number of halogens is 3. The Morgan fingerprint density at radius 2 is 1.50 bits per heavy atom. The molecule has 0 spiro atoms. The molecule has 0 unspecified atom stereocenters. The van der Waals surface area contributed by atoms with Crippen LogP contribution >= 0.6 is 0 Å². The summed E-state index contributed by atoms with van der Waals surface area (Å²) in [4.78, 5) is 0. The van der Waals surface area contributed by atoms with E-state index in [4.69, 9.17) is 9.47 Å². The fourth-order valence-electron chi connectivity index (χ4n) is 3.91. The molecule has 3 aromatic rings. The monoisotopic (exact) mass is 436 g/mol. The van der Waals surface area contributed by atoms with Gasteiger partial charge in [0, 0.05) is 17.0 Å². The van der Waals surface area contributed by atoms with Crippen molar-refractivity contribution in [2.24, 2.45) is 0 Å². The van der Waals surface area contributed by atoms with Gasteiger partial charge in [0.1, 0.15) is 13.7 Å². The van der Waals surface area contributed by atoms with Crippen molar-refractivity contribution in [2.45, 2.75) is 25.5 Å². The van der Waals surface area contributed by atoms with Gasteiger partial charge in [-0.15, -0.1) is 0 Å². The van der Waals surface area contributed by atoms with Gasteiger partial charge in [-0.2, -0.15) is 0 Å². The van der Waals surface area contributed by atoms with Gasteiger partial charge in [0.05, 0.1) is 13.2 Å². The zero-order valence-corrected chi connectivity index (χ0v) is 18.1. The molecule has 1 aliphatic heterocycles. The molecule has 0 aromatic heterocycles. The quantitative estimate of drug-likeness (QED) is 0.383. The molecule has 0 N–H and O–H groups in total. The third-order valence-corrected chi connectivity index (χ3v) is 5.79. The first kappa shape index (κ1) is 22.4. The van der Waals surface area contributed by atoms with Gasteiger partial charge >= 0.3 is 0 Å². The van der Waals surface area contributed by atoms with Crippen molar-refractivity contribution < 1.29 is 22.6 Å². The van der Waals surface area contributed by atoms with Gasteiger partial charge in [0.2, 0.25) is 0 Å². The van der Waals surface area contributed by atoms with Crippen LogP contribution in [0.3, 0.4) is 0 Å². The van der Waals surface area contributed by atoms with Gasteiger partial charge in [-0.3, -0.25) is 0 Å². The second-order valence-corrected chi connectivity index (χ2v) is 7.83. The minimum atomic E-state index is -0.860. The molecule has 0 radical (unpaired) electrons. The summed E-state index contributed by atoms with van der Waals surface area (Å²) in [6.45, 7) is 2.82. The first-order valence-electron chi connectivity index (χ1n) is 10.7. The summed E-state index contributed by atoms with van der Waals surface area (Å²) >= 11 is 0. The molecule has 3 aromatic carbocycles. The highest BCUT2D eigenvalue weighted by Crippen LogP contribution is 2.32. The molecule has 1 aliphatic rings. The zero-order chi connectivity index (χ0) is 22.7. The molecule has 0 atom stereocenters. The number of hydrogen-bond donors (Lipinski definition) is 0. The number of hydrogen-bond acceptors (Lipinski definition) is 2. The van der Waals surface area contributed by atoms with Crippen molar-refractivity contribution >= 4 is 7.85 Å². The van der Waals surface area contributed by atoms with Gasteiger partial charge in [-0.25, -0.2) is 13.2 Å². The van der Waals surface area contributed by atoms with Crippen LogP contribution in [0.15, 0.2) is 66.7 Å². The summed E-state index contributed by atoms with van der Waals surface area (Å²) in [7, 11) is 1.78. The van der Waals surface area contributed by atoms with Gasteiger partial charge < -0.3 is 9.47 Å². The van der Waals surface area contributed by atoms with Crippen LogP contribution in [0.5, 0.6) is 0 Å². The Kier molecular flexibility index (Phi) is 6.82. The Hall–Kier alpha value is -2.83. The maximum absolute atomic E-state index is 14.9. The second-order valence-electron chi connectivity index (χ2n) is 7.83. The van der Waals surface area contributed by atoms with E-state index in [1.54, 1.807) is 50.3 Å². The van der Waals surface area contributed by atoms with Crippen LogP contribution in [0.2, 0.25) is 0 Å². The number of rotatable bonds is 5. The van der Waals surface area contributed by atoms with Crippen molar-refractivity contribution in [3.63, 3.8) is 0 Å². The first-order chi connectivity index (χ1) is 15.5. The predicted molar refractivity (Wildman–Crippen MR) is 123 cm³/mol. The van der Waals surface area contributed by atoms with Gasteiger partial charge in [-0.1, -0.05) is 60.9 Å². The lowest BCUT2D eigenvalue weighted by Gasteiger charge is -2.28. The third kappa shape index (κ3) is 4.52. The van der Waals surface area contributed by atoms with Crippen LogP contribution in [0.25, 0.3) is 22.3 Å². The maximum atomic E-state index is 14.9. The van der Waals surface area contributed by atoms with E-state index in [-0.39, 0.29) is 23.6 Å². The molecule has 1 fully saturated rings. The molecule has 32 heavy (non-hydrogen) atoms. The molecule has 0 aliphatic carbocycles. The Labute approximate surface area is 187 Å². The minimum absolute atomic E-state index is 0.0357. The van der Waals surface area contributed by atoms with E-state index in [2.05, 4.69) is 0 Å². The molecule has 1 saturated heterocycles. The lowest BCUT2D eigenvalue weighted by Crippen LogP contribution is -2.29. The summed E-state index contributed by atoms with van der Waals surface area (Å²) in [6.07, 6.45) is 3.78. The average Bonchev–Trinajstić information content (AvgIpc) is 2.82. The summed E-state index contributed by atoms with van der Waals surface area (Å²) in [6, 6.07) is 15.1. The van der Waals surface area contributed by atoms with E-state index in [0.29, 0.717) is 41.8 Å². The van der Waals surface area contributed by atoms with Crippen molar-refractivity contribution in [1.82, 2.24) is 0 Å². The average molecular weight is 436 g/mol. The predicted octanol–water partition coefficient (Wildman–Crippen LogP) is 5.60. The SMILES string of the molecule is BCc1ccc(-c2ccc(-c3ccc(C4COC(/C=C/C)OC4)cc3F)cc2)c(F)c1F. The molecule has 164 valence electrons. The number of allylic oxidation sites excluding steroid dienone is 1. The lowest BCUT2D eigenvalue weighted by atomic mass is 9.93. The lowest BCUT2D eigenvalue weighted by molar-refractivity contribution is -0.159. The largest absolute Gasteiger partial charge is 0.348 e. The Morgan fingerprint density at radius 1 is 0.875 bits per heavy atom. The van der Waals surface area contributed by atoms with Crippen molar-refractivity contribution in [3.8, 4) is 22.3 Å². The summed E-state index contributed by atoms with van der Waals surface area (Å²) in [5.41, 5.74) is 2.99. The number of benzene rings is 3. The molecule has 4 rings (SSSR count). The molecule has 1 heterocycles. The molecular formula is C26H24BF3O2. The van der Waals surface area contributed by atoms with Crippen LogP contribution in [0.1, 0.15) is 24.0 Å². The van der Waals surface area contributed by atoms with E-state index >= 15 is 0 Å². The minimum Gasteiger partial charge on any atom is -0.348 e.